The summed E-state index contributed by atoms with van der Waals surface area (Å²) in [4.78, 5) is 17.4. The predicted octanol–water partition coefficient (Wildman–Crippen LogP) is 5.47. The first-order valence-electron chi connectivity index (χ1n) is 12.5. The highest BCUT2D eigenvalue weighted by Crippen LogP contribution is 2.35. The van der Waals surface area contributed by atoms with Crippen LogP contribution in [0.1, 0.15) is 58.8 Å². The summed E-state index contributed by atoms with van der Waals surface area (Å²) in [6.45, 7) is 2.65. The number of hydrogen-bond acceptors (Lipinski definition) is 7. The lowest BCUT2D eigenvalue weighted by atomic mass is 10.0. The summed E-state index contributed by atoms with van der Waals surface area (Å²) < 4.78 is 90.6. The fourth-order valence-corrected chi connectivity index (χ4v) is 4.15. The second-order valence-electron chi connectivity index (χ2n) is 9.59. The van der Waals surface area contributed by atoms with Gasteiger partial charge in [-0.2, -0.15) is 18.3 Å². The van der Waals surface area contributed by atoms with E-state index >= 15 is 4.39 Å². The van der Waals surface area contributed by atoms with Crippen molar-refractivity contribution < 1.29 is 31.1 Å². The Hall–Kier alpha value is -3.81. The molecule has 5 rings (SSSR count). The zero-order valence-electron chi connectivity index (χ0n) is 21.5. The molecular formula is C26H25F6N7O. The molecule has 14 heteroatoms. The van der Waals surface area contributed by atoms with E-state index < -0.39 is 42.7 Å². The summed E-state index contributed by atoms with van der Waals surface area (Å²) in [7, 11) is 0. The molecule has 212 valence electrons. The molecule has 3 heterocycles. The van der Waals surface area contributed by atoms with Gasteiger partial charge in [-0.15, -0.1) is 0 Å². The summed E-state index contributed by atoms with van der Waals surface area (Å²) in [6.07, 6.45) is -3.89. The third kappa shape index (κ3) is 6.01. The van der Waals surface area contributed by atoms with Crippen LogP contribution in [0.4, 0.5) is 32.2 Å². The summed E-state index contributed by atoms with van der Waals surface area (Å²) in [6, 6.07) is 2.18. The van der Waals surface area contributed by atoms with E-state index in [9.17, 15) is 22.0 Å². The maximum absolute atomic E-state index is 15.1. The Morgan fingerprint density at radius 2 is 1.82 bits per heavy atom. The second-order valence-corrected chi connectivity index (χ2v) is 9.59. The van der Waals surface area contributed by atoms with Crippen LogP contribution in [0.5, 0.6) is 0 Å². The van der Waals surface area contributed by atoms with Crippen molar-refractivity contribution in [1.29, 1.82) is 0 Å². The Balaban J connectivity index is 1.59. The third-order valence-electron chi connectivity index (χ3n) is 6.61. The molecular weight excluding hydrogens is 540 g/mol. The normalized spacial score (nSPS) is 20.4. The van der Waals surface area contributed by atoms with Gasteiger partial charge in [0.1, 0.15) is 23.7 Å². The van der Waals surface area contributed by atoms with Gasteiger partial charge in [0.15, 0.2) is 5.82 Å². The molecule has 1 saturated carbocycles. The van der Waals surface area contributed by atoms with Crippen LogP contribution >= 0.6 is 0 Å². The highest BCUT2D eigenvalue weighted by molar-refractivity contribution is 6.15. The zero-order valence-corrected chi connectivity index (χ0v) is 21.5. The number of anilines is 1. The van der Waals surface area contributed by atoms with E-state index in [1.807, 2.05) is 0 Å². The van der Waals surface area contributed by atoms with Gasteiger partial charge in [0.2, 0.25) is 0 Å². The smallest absolute Gasteiger partial charge is 0.360 e. The van der Waals surface area contributed by atoms with Crippen LogP contribution in [0, 0.1) is 19.7 Å². The number of nitrogens with zero attached hydrogens (tertiary/aromatic N) is 6. The first-order chi connectivity index (χ1) is 19.0. The van der Waals surface area contributed by atoms with Gasteiger partial charge in [-0.3, -0.25) is 14.7 Å². The third-order valence-corrected chi connectivity index (χ3v) is 6.61. The molecule has 2 aromatic heterocycles. The lowest BCUT2D eigenvalue weighted by Crippen LogP contribution is -2.30. The number of fused-ring (bicyclic) bond motifs is 1. The van der Waals surface area contributed by atoms with Crippen LogP contribution in [0.3, 0.4) is 0 Å². The fourth-order valence-electron chi connectivity index (χ4n) is 4.15. The molecule has 1 fully saturated rings. The van der Waals surface area contributed by atoms with Gasteiger partial charge in [-0.05, 0) is 44.9 Å². The number of aliphatic imine (C=N–C) groups is 2. The van der Waals surface area contributed by atoms with Gasteiger partial charge in [0.25, 0.3) is 6.43 Å². The molecule has 2 unspecified atom stereocenters. The molecule has 1 aliphatic heterocycles. The molecule has 8 nitrogen and oxygen atoms in total. The number of aryl methyl sites for hydroxylation is 2. The van der Waals surface area contributed by atoms with Crippen LogP contribution in [-0.4, -0.2) is 57.4 Å². The minimum atomic E-state index is -4.78. The minimum Gasteiger partial charge on any atom is -0.360 e. The van der Waals surface area contributed by atoms with Crippen molar-refractivity contribution in [1.82, 2.24) is 19.7 Å². The maximum Gasteiger partial charge on any atom is 0.416 e. The molecule has 0 radical (unpaired) electrons. The number of rotatable bonds is 4. The summed E-state index contributed by atoms with van der Waals surface area (Å²) >= 11 is 0. The highest BCUT2D eigenvalue weighted by Gasteiger charge is 2.33. The van der Waals surface area contributed by atoms with E-state index in [0.29, 0.717) is 29.1 Å². The summed E-state index contributed by atoms with van der Waals surface area (Å²) in [5, 5.41) is 7.17. The molecule has 0 bridgehead atoms. The predicted molar refractivity (Wildman–Crippen MR) is 135 cm³/mol. The van der Waals surface area contributed by atoms with Crippen molar-refractivity contribution in [2.75, 3.05) is 18.4 Å². The van der Waals surface area contributed by atoms with Gasteiger partial charge in [-0.1, -0.05) is 0 Å². The number of nitrogens with one attached hydrogen (secondary N) is 1. The van der Waals surface area contributed by atoms with Crippen molar-refractivity contribution in [2.45, 2.75) is 57.5 Å². The molecule has 0 spiro atoms. The summed E-state index contributed by atoms with van der Waals surface area (Å²) in [5.41, 5.74) is -0.372. The molecule has 0 saturated heterocycles. The Bertz CT molecular complexity index is 1450. The number of halogens is 6. The Labute approximate surface area is 225 Å². The van der Waals surface area contributed by atoms with Crippen molar-refractivity contribution in [3.8, 4) is 0 Å². The molecule has 2 aliphatic rings. The quantitative estimate of drug-likeness (QED) is 0.424. The average molecular weight is 566 g/mol. The Kier molecular flexibility index (Phi) is 7.62. The van der Waals surface area contributed by atoms with Crippen molar-refractivity contribution in [3.05, 3.63) is 70.2 Å². The van der Waals surface area contributed by atoms with Gasteiger partial charge in [0, 0.05) is 17.3 Å². The first-order valence-corrected chi connectivity index (χ1v) is 12.5. The Morgan fingerprint density at radius 3 is 2.50 bits per heavy atom. The lowest BCUT2D eigenvalue weighted by Gasteiger charge is -2.23. The monoisotopic (exact) mass is 565 g/mol. The SMILES string of the molecule is Cc1nc2c(nc1C)C(c1ccc(C(F)(F)F)cc1F)=NCC(C(F)F)OC(c1cnn(C3CC3)c1)CN=CN2. The van der Waals surface area contributed by atoms with Crippen LogP contribution in [0.15, 0.2) is 40.6 Å². The standard InChI is InChI=1S/C26H25F6N7O/c1-13-14(2)38-25-23(37-13)22(18-6-3-16(7-19(18)27)26(30,31)32)34-10-21(24(28)29)40-20(9-33-12-35-25)15-8-36-39(11-15)17-4-5-17/h3,6-8,11-12,17,20-21,24H,4-5,9-10H2,1-2H3,(H,33,35,38). The molecule has 40 heavy (non-hydrogen) atoms. The molecule has 1 aromatic carbocycles. The van der Waals surface area contributed by atoms with E-state index in [-0.39, 0.29) is 35.4 Å². The van der Waals surface area contributed by atoms with E-state index in [1.165, 1.54) is 6.34 Å². The summed E-state index contributed by atoms with van der Waals surface area (Å²) in [5.74, 6) is -1.17. The highest BCUT2D eigenvalue weighted by atomic mass is 19.4. The van der Waals surface area contributed by atoms with Crippen molar-refractivity contribution in [3.63, 3.8) is 0 Å². The van der Waals surface area contributed by atoms with E-state index in [2.05, 4.69) is 30.4 Å². The lowest BCUT2D eigenvalue weighted by molar-refractivity contribution is -0.137. The van der Waals surface area contributed by atoms with Crippen LogP contribution in [0.2, 0.25) is 0 Å². The van der Waals surface area contributed by atoms with Crippen LogP contribution in [-0.2, 0) is 10.9 Å². The van der Waals surface area contributed by atoms with Crippen molar-refractivity contribution in [2.24, 2.45) is 9.98 Å². The van der Waals surface area contributed by atoms with Crippen LogP contribution in [0.25, 0.3) is 0 Å². The topological polar surface area (TPSA) is 89.6 Å². The van der Waals surface area contributed by atoms with Gasteiger partial charge in [-0.25, -0.2) is 23.1 Å². The number of alkyl halides is 5. The second kappa shape index (κ2) is 11.0. The minimum absolute atomic E-state index is 0.0235. The number of ether oxygens (including phenoxy) is 1. The first kappa shape index (κ1) is 27.7. The van der Waals surface area contributed by atoms with E-state index in [0.717, 1.165) is 18.9 Å². The number of benzene rings is 1. The number of hydrogen-bond donors (Lipinski definition) is 1. The maximum atomic E-state index is 15.1. The van der Waals surface area contributed by atoms with Crippen molar-refractivity contribution >= 4 is 17.9 Å². The molecule has 0 amide bonds. The number of aromatic nitrogens is 4. The molecule has 3 aromatic rings. The van der Waals surface area contributed by atoms with E-state index in [4.69, 9.17) is 4.74 Å². The Morgan fingerprint density at radius 1 is 1.07 bits per heavy atom. The van der Waals surface area contributed by atoms with Crippen LogP contribution < -0.4 is 5.32 Å². The fraction of sp³-hybridized carbons (Fsp3) is 0.423. The average Bonchev–Trinajstić information content (AvgIpc) is 3.62. The molecule has 1 aliphatic carbocycles. The molecule has 1 N–H and O–H groups in total. The zero-order chi connectivity index (χ0) is 28.6. The van der Waals surface area contributed by atoms with Gasteiger partial charge < -0.3 is 10.1 Å². The van der Waals surface area contributed by atoms with Gasteiger partial charge in [0.05, 0.1) is 54.3 Å². The van der Waals surface area contributed by atoms with Gasteiger partial charge >= 0.3 is 6.18 Å². The van der Waals surface area contributed by atoms with E-state index in [1.54, 1.807) is 30.9 Å². The largest absolute Gasteiger partial charge is 0.416 e. The molecule has 2 atom stereocenters.